The number of aromatic hydroxyl groups is 2. The lowest BCUT2D eigenvalue weighted by atomic mass is 9.93. The number of rotatable bonds is 10. The number of aliphatic carboxylic acids is 1. The predicted molar refractivity (Wildman–Crippen MR) is 94.5 cm³/mol. The van der Waals surface area contributed by atoms with E-state index < -0.39 is 42.8 Å². The summed E-state index contributed by atoms with van der Waals surface area (Å²) in [6.07, 6.45) is -1.92. The molecule has 0 aliphatic rings. The fourth-order valence-corrected chi connectivity index (χ4v) is 2.13. The molecule has 0 saturated heterocycles. The minimum atomic E-state index is -1.48. The Morgan fingerprint density at radius 3 is 2.34 bits per heavy atom. The first kappa shape index (κ1) is 23.5. The quantitative estimate of drug-likeness (QED) is 0.152. The molecule has 1 aromatic carbocycles. The van der Waals surface area contributed by atoms with Crippen molar-refractivity contribution < 1.29 is 48.7 Å². The van der Waals surface area contributed by atoms with Crippen molar-refractivity contribution in [1.82, 2.24) is 10.9 Å². The van der Waals surface area contributed by atoms with Gasteiger partial charge < -0.3 is 29.5 Å². The number of phenolic OH excluding ortho intramolecular Hbond substituents is 2. The third kappa shape index (κ3) is 7.92. The lowest BCUT2D eigenvalue weighted by Crippen LogP contribution is -2.59. The zero-order chi connectivity index (χ0) is 22.0. The van der Waals surface area contributed by atoms with E-state index in [-0.39, 0.29) is 24.3 Å². The molecule has 0 saturated carbocycles. The van der Waals surface area contributed by atoms with Gasteiger partial charge in [0.1, 0.15) is 5.54 Å². The summed E-state index contributed by atoms with van der Waals surface area (Å²) in [6.45, 7) is 0.654. The van der Waals surface area contributed by atoms with Gasteiger partial charge in [-0.2, -0.15) is 0 Å². The minimum absolute atomic E-state index is 0.0437. The van der Waals surface area contributed by atoms with Crippen LogP contribution in [0.1, 0.15) is 25.3 Å². The number of carbonyl (C=O) groups is 4. The first-order valence-corrected chi connectivity index (χ1v) is 8.24. The number of phenols is 2. The molecule has 5 N–H and O–H groups in total. The Kier molecular flexibility index (Phi) is 8.68. The molecule has 0 aliphatic carbocycles. The van der Waals surface area contributed by atoms with Crippen molar-refractivity contribution in [3.05, 3.63) is 23.8 Å². The van der Waals surface area contributed by atoms with Crippen LogP contribution in [-0.4, -0.2) is 58.8 Å². The second kappa shape index (κ2) is 10.7. The fraction of sp³-hybridized carbons (Fsp3) is 0.412. The van der Waals surface area contributed by atoms with Crippen LogP contribution in [0.2, 0.25) is 0 Å². The van der Waals surface area contributed by atoms with Crippen molar-refractivity contribution in [2.24, 2.45) is 0 Å². The summed E-state index contributed by atoms with van der Waals surface area (Å²) in [4.78, 5) is 45.4. The van der Waals surface area contributed by atoms with Gasteiger partial charge in [0.25, 0.3) is 0 Å². The molecule has 1 atom stereocenters. The molecule has 1 unspecified atom stereocenters. The van der Waals surface area contributed by atoms with E-state index in [1.54, 1.807) is 0 Å². The summed E-state index contributed by atoms with van der Waals surface area (Å²) in [6, 6.07) is 3.95. The Labute approximate surface area is 165 Å². The van der Waals surface area contributed by atoms with E-state index in [0.717, 1.165) is 7.11 Å². The van der Waals surface area contributed by atoms with Crippen LogP contribution in [0.15, 0.2) is 18.2 Å². The summed E-state index contributed by atoms with van der Waals surface area (Å²) in [7, 11) is 1.14. The van der Waals surface area contributed by atoms with Crippen LogP contribution in [0.3, 0.4) is 0 Å². The Morgan fingerprint density at radius 2 is 1.76 bits per heavy atom. The molecule has 0 bridgehead atoms. The lowest BCUT2D eigenvalue weighted by molar-refractivity contribution is -0.154. The van der Waals surface area contributed by atoms with E-state index in [1.807, 2.05) is 0 Å². The number of hydrazine groups is 1. The van der Waals surface area contributed by atoms with Gasteiger partial charge in [-0.15, -0.1) is 0 Å². The monoisotopic (exact) mass is 414 g/mol. The van der Waals surface area contributed by atoms with Gasteiger partial charge in [0.15, 0.2) is 11.5 Å². The Morgan fingerprint density at radius 1 is 1.07 bits per heavy atom. The maximum Gasteiger partial charge on any atom is 0.424 e. The van der Waals surface area contributed by atoms with Crippen molar-refractivity contribution in [3.63, 3.8) is 0 Å². The maximum absolute atomic E-state index is 12.1. The minimum Gasteiger partial charge on any atom is -0.504 e. The standard InChI is InChI=1S/C17H22N2O10/c1-17(15(25)27-2,8-10-3-4-11(20)12(21)7-10)19-18-16(26)29-9-28-14(24)6-5-13(22)23/h3-4,7,19-21H,5-6,8-9H2,1-2H3,(H,18,26)(H,22,23). The van der Waals surface area contributed by atoms with E-state index >= 15 is 0 Å². The summed E-state index contributed by atoms with van der Waals surface area (Å²) in [5.74, 6) is -3.49. The number of amides is 1. The zero-order valence-electron chi connectivity index (χ0n) is 15.8. The van der Waals surface area contributed by atoms with Crippen LogP contribution in [0.4, 0.5) is 4.79 Å². The van der Waals surface area contributed by atoms with Gasteiger partial charge in [0, 0.05) is 6.42 Å². The van der Waals surface area contributed by atoms with Crippen molar-refractivity contribution in [1.29, 1.82) is 0 Å². The first-order chi connectivity index (χ1) is 13.6. The number of esters is 2. The van der Waals surface area contributed by atoms with Crippen molar-refractivity contribution in [2.45, 2.75) is 31.7 Å². The highest BCUT2D eigenvalue weighted by molar-refractivity contribution is 5.81. The third-order valence-corrected chi connectivity index (χ3v) is 3.63. The van der Waals surface area contributed by atoms with Crippen LogP contribution in [0, 0.1) is 0 Å². The van der Waals surface area contributed by atoms with E-state index in [0.29, 0.717) is 5.56 Å². The van der Waals surface area contributed by atoms with Crippen molar-refractivity contribution in [3.8, 4) is 11.5 Å². The van der Waals surface area contributed by atoms with Crippen LogP contribution in [-0.2, 0) is 35.0 Å². The van der Waals surface area contributed by atoms with Gasteiger partial charge >= 0.3 is 24.0 Å². The number of hydrogen-bond donors (Lipinski definition) is 5. The molecule has 12 heteroatoms. The SMILES string of the molecule is COC(=O)C(C)(Cc1ccc(O)c(O)c1)NNC(=O)OCOC(=O)CCC(=O)O. The molecule has 0 spiro atoms. The number of carbonyl (C=O) groups excluding carboxylic acids is 3. The molecule has 160 valence electrons. The van der Waals surface area contributed by atoms with E-state index in [2.05, 4.69) is 20.3 Å². The Balaban J connectivity index is 2.59. The first-order valence-electron chi connectivity index (χ1n) is 8.24. The lowest BCUT2D eigenvalue weighted by Gasteiger charge is -2.28. The highest BCUT2D eigenvalue weighted by Crippen LogP contribution is 2.27. The Bertz CT molecular complexity index is 767. The average Bonchev–Trinajstić information content (AvgIpc) is 2.67. The van der Waals surface area contributed by atoms with Gasteiger partial charge in [-0.05, 0) is 24.6 Å². The highest BCUT2D eigenvalue weighted by Gasteiger charge is 2.35. The van der Waals surface area contributed by atoms with Gasteiger partial charge in [-0.25, -0.2) is 15.0 Å². The topological polar surface area (TPSA) is 181 Å². The van der Waals surface area contributed by atoms with Crippen LogP contribution < -0.4 is 10.9 Å². The summed E-state index contributed by atoms with van der Waals surface area (Å²) >= 11 is 0. The van der Waals surface area contributed by atoms with Crippen LogP contribution in [0.25, 0.3) is 0 Å². The number of methoxy groups -OCH3 is 1. The fourth-order valence-electron chi connectivity index (χ4n) is 2.13. The van der Waals surface area contributed by atoms with Crippen LogP contribution >= 0.6 is 0 Å². The molecule has 1 amide bonds. The summed E-state index contributed by atoms with van der Waals surface area (Å²) < 4.78 is 13.8. The summed E-state index contributed by atoms with van der Waals surface area (Å²) in [5, 5.41) is 27.4. The molecular weight excluding hydrogens is 392 g/mol. The molecule has 0 aromatic heterocycles. The van der Waals surface area contributed by atoms with Gasteiger partial charge in [0.05, 0.1) is 20.0 Å². The van der Waals surface area contributed by atoms with Gasteiger partial charge in [-0.1, -0.05) is 6.07 Å². The maximum atomic E-state index is 12.1. The summed E-state index contributed by atoms with van der Waals surface area (Å²) in [5.41, 5.74) is 3.52. The molecule has 0 fully saturated rings. The van der Waals surface area contributed by atoms with E-state index in [1.165, 1.54) is 25.1 Å². The van der Waals surface area contributed by atoms with Gasteiger partial charge in [0.2, 0.25) is 6.79 Å². The molecule has 0 radical (unpaired) electrons. The number of benzene rings is 1. The number of hydrogen-bond acceptors (Lipinski definition) is 10. The molecule has 29 heavy (non-hydrogen) atoms. The molecule has 1 aromatic rings. The predicted octanol–water partition coefficient (Wildman–Crippen LogP) is 0.168. The Hall–Kier alpha value is -3.54. The number of nitrogens with one attached hydrogen (secondary N) is 2. The van der Waals surface area contributed by atoms with E-state index in [9.17, 15) is 29.4 Å². The zero-order valence-corrected chi connectivity index (χ0v) is 15.8. The number of carboxylic acids is 1. The molecular formula is C17H22N2O10. The molecule has 0 heterocycles. The number of ether oxygens (including phenoxy) is 3. The smallest absolute Gasteiger partial charge is 0.424 e. The van der Waals surface area contributed by atoms with Crippen molar-refractivity contribution in [2.75, 3.05) is 13.9 Å². The molecule has 1 rings (SSSR count). The van der Waals surface area contributed by atoms with E-state index in [4.69, 9.17) is 9.84 Å². The van der Waals surface area contributed by atoms with Gasteiger partial charge in [-0.3, -0.25) is 15.0 Å². The normalized spacial score (nSPS) is 12.3. The second-order valence-electron chi connectivity index (χ2n) is 6.03. The average molecular weight is 414 g/mol. The second-order valence-corrected chi connectivity index (χ2v) is 6.03. The van der Waals surface area contributed by atoms with Crippen LogP contribution in [0.5, 0.6) is 11.5 Å². The number of carboxylic acid groups (broad SMARTS) is 1. The third-order valence-electron chi connectivity index (χ3n) is 3.63. The highest BCUT2D eigenvalue weighted by atomic mass is 16.7. The molecule has 0 aliphatic heterocycles. The molecule has 12 nitrogen and oxygen atoms in total. The largest absolute Gasteiger partial charge is 0.504 e. The van der Waals surface area contributed by atoms with Crippen molar-refractivity contribution >= 4 is 24.0 Å².